The zero-order chi connectivity index (χ0) is 12.5. The monoisotopic (exact) mass is 249 g/mol. The molecular weight excluding hydrogens is 226 g/mol. The molecule has 1 atom stereocenters. The Morgan fingerprint density at radius 3 is 2.78 bits per heavy atom. The van der Waals surface area contributed by atoms with Crippen LogP contribution >= 0.6 is 0 Å². The minimum absolute atomic E-state index is 0.240. The van der Waals surface area contributed by atoms with E-state index < -0.39 is 0 Å². The van der Waals surface area contributed by atoms with Crippen LogP contribution in [0.3, 0.4) is 0 Å². The van der Waals surface area contributed by atoms with Crippen LogP contribution in [0.4, 0.5) is 0 Å². The smallest absolute Gasteiger partial charge is 0.114 e. The van der Waals surface area contributed by atoms with E-state index in [0.717, 1.165) is 18.8 Å². The van der Waals surface area contributed by atoms with Crippen LogP contribution in [0.1, 0.15) is 49.0 Å². The number of imidazole rings is 1. The molecule has 0 radical (unpaired) electrons. The molecule has 0 spiro atoms. The van der Waals surface area contributed by atoms with Crippen LogP contribution in [0.25, 0.3) is 0 Å². The first-order valence-corrected chi connectivity index (χ1v) is 7.14. The number of nitrogens with zero attached hydrogens (tertiary/aromatic N) is 3. The van der Waals surface area contributed by atoms with E-state index in [0.29, 0.717) is 5.92 Å². The van der Waals surface area contributed by atoms with Gasteiger partial charge >= 0.3 is 0 Å². The van der Waals surface area contributed by atoms with Crippen molar-refractivity contribution in [2.75, 3.05) is 26.7 Å². The lowest BCUT2D eigenvalue weighted by atomic mass is 9.94. The molecule has 1 aromatic rings. The highest BCUT2D eigenvalue weighted by Crippen LogP contribution is 2.31. The van der Waals surface area contributed by atoms with Crippen LogP contribution in [-0.2, 0) is 6.54 Å². The molecule has 1 fully saturated rings. The number of piperidine rings is 1. The van der Waals surface area contributed by atoms with E-state index in [9.17, 15) is 5.11 Å². The molecule has 4 heteroatoms. The minimum Gasteiger partial charge on any atom is -0.396 e. The summed E-state index contributed by atoms with van der Waals surface area (Å²) in [5.74, 6) is 2.01. The Balaban J connectivity index is 1.80. The Labute approximate surface area is 109 Å². The van der Waals surface area contributed by atoms with E-state index in [1.54, 1.807) is 0 Å². The second-order valence-electron chi connectivity index (χ2n) is 5.82. The van der Waals surface area contributed by atoms with Crippen LogP contribution in [0.15, 0.2) is 6.20 Å². The van der Waals surface area contributed by atoms with Gasteiger partial charge in [-0.25, -0.2) is 4.98 Å². The average Bonchev–Trinajstić information content (AvgIpc) is 2.83. The fraction of sp³-hybridized carbons (Fsp3) is 0.786. The maximum atomic E-state index is 9.43. The summed E-state index contributed by atoms with van der Waals surface area (Å²) in [6, 6.07) is 0. The van der Waals surface area contributed by atoms with Crippen molar-refractivity contribution in [1.29, 1.82) is 0 Å². The Morgan fingerprint density at radius 2 is 2.06 bits per heavy atom. The van der Waals surface area contributed by atoms with Crippen LogP contribution in [-0.4, -0.2) is 46.3 Å². The van der Waals surface area contributed by atoms with E-state index in [1.807, 2.05) is 0 Å². The molecule has 3 rings (SSSR count). The lowest BCUT2D eigenvalue weighted by Crippen LogP contribution is -2.29. The zero-order valence-electron chi connectivity index (χ0n) is 11.2. The third-order valence-electron chi connectivity index (χ3n) is 4.50. The van der Waals surface area contributed by atoms with Gasteiger partial charge in [-0.2, -0.15) is 0 Å². The lowest BCUT2D eigenvalue weighted by Gasteiger charge is -2.27. The fourth-order valence-electron chi connectivity index (χ4n) is 3.27. The summed E-state index contributed by atoms with van der Waals surface area (Å²) in [6.45, 7) is 3.67. The van der Waals surface area contributed by atoms with Gasteiger partial charge in [0.2, 0.25) is 0 Å². The van der Waals surface area contributed by atoms with Gasteiger partial charge in [0.1, 0.15) is 5.82 Å². The normalized spacial score (nSPS) is 26.2. The summed E-state index contributed by atoms with van der Waals surface area (Å²) in [7, 11) is 2.19. The quantitative estimate of drug-likeness (QED) is 0.865. The van der Waals surface area contributed by atoms with Crippen molar-refractivity contribution in [3.05, 3.63) is 17.7 Å². The number of hydrogen-bond donors (Lipinski definition) is 1. The molecule has 3 heterocycles. The number of fused-ring (bicyclic) bond motifs is 1. The Morgan fingerprint density at radius 1 is 1.28 bits per heavy atom. The molecule has 1 N–H and O–H groups in total. The maximum Gasteiger partial charge on any atom is 0.114 e. The second-order valence-corrected chi connectivity index (χ2v) is 5.82. The van der Waals surface area contributed by atoms with Crippen LogP contribution in [0, 0.1) is 0 Å². The van der Waals surface area contributed by atoms with Crippen LogP contribution in [0.5, 0.6) is 0 Å². The molecule has 1 saturated heterocycles. The molecule has 1 unspecified atom stereocenters. The molecule has 100 valence electrons. The molecule has 18 heavy (non-hydrogen) atoms. The molecule has 0 aromatic carbocycles. The Hall–Kier alpha value is -0.870. The predicted molar refractivity (Wildman–Crippen MR) is 70.8 cm³/mol. The zero-order valence-corrected chi connectivity index (χ0v) is 11.2. The SMILES string of the molecule is CN1CCC(c2cn3c(n2)C(CO)CCC3)CC1. The number of hydrogen-bond acceptors (Lipinski definition) is 3. The number of aryl methyl sites for hydroxylation is 1. The van der Waals surface area contributed by atoms with Crippen molar-refractivity contribution in [2.45, 2.75) is 44.1 Å². The van der Waals surface area contributed by atoms with E-state index in [2.05, 4.69) is 22.7 Å². The fourth-order valence-corrected chi connectivity index (χ4v) is 3.27. The number of likely N-dealkylation sites (tertiary alicyclic amines) is 1. The van der Waals surface area contributed by atoms with Crippen molar-refractivity contribution in [1.82, 2.24) is 14.5 Å². The van der Waals surface area contributed by atoms with Crippen molar-refractivity contribution in [3.63, 3.8) is 0 Å². The molecule has 2 aliphatic rings. The molecule has 2 aliphatic heterocycles. The molecule has 0 bridgehead atoms. The lowest BCUT2D eigenvalue weighted by molar-refractivity contribution is 0.237. The third-order valence-corrected chi connectivity index (χ3v) is 4.50. The molecule has 0 aliphatic carbocycles. The van der Waals surface area contributed by atoms with Crippen molar-refractivity contribution in [3.8, 4) is 0 Å². The first-order chi connectivity index (χ1) is 8.78. The summed E-state index contributed by atoms with van der Waals surface area (Å²) in [5.41, 5.74) is 1.26. The summed E-state index contributed by atoms with van der Waals surface area (Å²) in [6.07, 6.45) is 6.93. The maximum absolute atomic E-state index is 9.43. The first-order valence-electron chi connectivity index (χ1n) is 7.14. The summed E-state index contributed by atoms with van der Waals surface area (Å²) >= 11 is 0. The van der Waals surface area contributed by atoms with Crippen molar-refractivity contribution in [2.24, 2.45) is 0 Å². The van der Waals surface area contributed by atoms with Gasteiger partial charge in [0.25, 0.3) is 0 Å². The highest BCUT2D eigenvalue weighted by molar-refractivity contribution is 5.15. The molecule has 0 saturated carbocycles. The van der Waals surface area contributed by atoms with E-state index in [4.69, 9.17) is 4.98 Å². The predicted octanol–water partition coefficient (Wildman–Crippen LogP) is 1.56. The van der Waals surface area contributed by atoms with E-state index in [-0.39, 0.29) is 12.5 Å². The van der Waals surface area contributed by atoms with Gasteiger partial charge < -0.3 is 14.6 Å². The average molecular weight is 249 g/mol. The Bertz CT molecular complexity index is 407. The summed E-state index contributed by atoms with van der Waals surface area (Å²) in [4.78, 5) is 7.23. The summed E-state index contributed by atoms with van der Waals surface area (Å²) in [5, 5.41) is 9.43. The molecule has 1 aromatic heterocycles. The minimum atomic E-state index is 0.240. The number of aliphatic hydroxyl groups excluding tert-OH is 1. The van der Waals surface area contributed by atoms with Gasteiger partial charge in [-0.15, -0.1) is 0 Å². The van der Waals surface area contributed by atoms with E-state index >= 15 is 0 Å². The third kappa shape index (κ3) is 2.19. The van der Waals surface area contributed by atoms with Crippen molar-refractivity contribution < 1.29 is 5.11 Å². The number of rotatable bonds is 2. The van der Waals surface area contributed by atoms with Gasteiger partial charge in [0, 0.05) is 24.6 Å². The highest BCUT2D eigenvalue weighted by atomic mass is 16.3. The van der Waals surface area contributed by atoms with E-state index in [1.165, 1.54) is 38.0 Å². The Kier molecular flexibility index (Phi) is 3.39. The van der Waals surface area contributed by atoms with Crippen LogP contribution < -0.4 is 0 Å². The highest BCUT2D eigenvalue weighted by Gasteiger charge is 2.26. The van der Waals surface area contributed by atoms with Crippen molar-refractivity contribution >= 4 is 0 Å². The first kappa shape index (κ1) is 12.2. The largest absolute Gasteiger partial charge is 0.396 e. The van der Waals surface area contributed by atoms with Gasteiger partial charge in [-0.1, -0.05) is 0 Å². The van der Waals surface area contributed by atoms with Gasteiger partial charge in [0.15, 0.2) is 0 Å². The molecule has 0 amide bonds. The standard InChI is InChI=1S/C14H23N3O/c1-16-7-4-11(5-8-16)13-9-17-6-2-3-12(10-18)14(17)15-13/h9,11-12,18H,2-8,10H2,1H3. The van der Waals surface area contributed by atoms with Gasteiger partial charge in [-0.05, 0) is 45.8 Å². The topological polar surface area (TPSA) is 41.3 Å². The molecule has 4 nitrogen and oxygen atoms in total. The van der Waals surface area contributed by atoms with Gasteiger partial charge in [0.05, 0.1) is 12.3 Å². The summed E-state index contributed by atoms with van der Waals surface area (Å²) < 4.78 is 2.28. The number of aromatic nitrogens is 2. The van der Waals surface area contributed by atoms with Gasteiger partial charge in [-0.3, -0.25) is 0 Å². The number of aliphatic hydroxyl groups is 1. The molecular formula is C14H23N3O. The second kappa shape index (κ2) is 5.02. The van der Waals surface area contributed by atoms with Crippen LogP contribution in [0.2, 0.25) is 0 Å².